The molecule has 0 bridgehead atoms. The molecule has 0 radical (unpaired) electrons. The highest BCUT2D eigenvalue weighted by molar-refractivity contribution is 6.09. The van der Waals surface area contributed by atoms with Crippen LogP contribution in [-0.4, -0.2) is 9.55 Å². The first kappa shape index (κ1) is 21.0. The van der Waals surface area contributed by atoms with E-state index >= 15 is 0 Å². The minimum atomic E-state index is 0.913. The Morgan fingerprint density at radius 1 is 0.553 bits per heavy atom. The van der Waals surface area contributed by atoms with Gasteiger partial charge in [-0.25, -0.2) is 4.98 Å². The van der Waals surface area contributed by atoms with Crippen LogP contribution in [-0.2, 0) is 0 Å². The van der Waals surface area contributed by atoms with E-state index in [0.717, 1.165) is 61.2 Å². The fourth-order valence-electron chi connectivity index (χ4n) is 5.57. The lowest BCUT2D eigenvalue weighted by Gasteiger charge is -2.11. The van der Waals surface area contributed by atoms with Crippen molar-refractivity contribution in [2.75, 3.05) is 0 Å². The second-order valence-corrected chi connectivity index (χ2v) is 9.65. The van der Waals surface area contributed by atoms with Crippen LogP contribution in [0.5, 0.6) is 0 Å². The fourth-order valence-corrected chi connectivity index (χ4v) is 5.57. The molecule has 0 fully saturated rings. The number of nitrogens with zero attached hydrogens (tertiary/aromatic N) is 2. The number of para-hydroxylation sites is 4. The van der Waals surface area contributed by atoms with E-state index in [1.807, 2.05) is 18.2 Å². The molecule has 2 aromatic heterocycles. The molecule has 38 heavy (non-hydrogen) atoms. The summed E-state index contributed by atoms with van der Waals surface area (Å²) >= 11 is 0. The lowest BCUT2D eigenvalue weighted by atomic mass is 10.0. The summed E-state index contributed by atoms with van der Waals surface area (Å²) in [6.07, 6.45) is 0. The summed E-state index contributed by atoms with van der Waals surface area (Å²) in [7, 11) is 0. The number of benzene rings is 6. The Balaban J connectivity index is 1.28. The summed E-state index contributed by atoms with van der Waals surface area (Å²) < 4.78 is 8.55. The van der Waals surface area contributed by atoms with Gasteiger partial charge in [-0.3, -0.25) is 4.57 Å². The van der Waals surface area contributed by atoms with E-state index in [9.17, 15) is 0 Å². The molecule has 0 spiro atoms. The Bertz CT molecular complexity index is 2130. The molecule has 0 aliphatic carbocycles. The summed E-state index contributed by atoms with van der Waals surface area (Å²) in [6, 6.07) is 46.6. The van der Waals surface area contributed by atoms with Crippen LogP contribution >= 0.6 is 0 Å². The Morgan fingerprint density at radius 2 is 1.29 bits per heavy atom. The maximum Gasteiger partial charge on any atom is 0.145 e. The van der Waals surface area contributed by atoms with E-state index in [0.29, 0.717) is 0 Å². The maximum atomic E-state index is 6.29. The number of hydrogen-bond donors (Lipinski definition) is 0. The number of furan rings is 1. The topological polar surface area (TPSA) is 31.0 Å². The zero-order valence-electron chi connectivity index (χ0n) is 20.5. The summed E-state index contributed by atoms with van der Waals surface area (Å²) in [6.45, 7) is 0. The molecule has 0 amide bonds. The number of rotatable bonds is 3. The Morgan fingerprint density at radius 3 is 2.21 bits per heavy atom. The van der Waals surface area contributed by atoms with Crippen molar-refractivity contribution in [1.82, 2.24) is 9.55 Å². The molecule has 0 aliphatic heterocycles. The van der Waals surface area contributed by atoms with E-state index in [2.05, 4.69) is 120 Å². The molecule has 0 aliphatic rings. The van der Waals surface area contributed by atoms with E-state index in [-0.39, 0.29) is 0 Å². The lowest BCUT2D eigenvalue weighted by molar-refractivity contribution is 0.670. The van der Waals surface area contributed by atoms with Crippen LogP contribution in [0.15, 0.2) is 138 Å². The fraction of sp³-hybridized carbons (Fsp3) is 0. The summed E-state index contributed by atoms with van der Waals surface area (Å²) in [5.41, 5.74) is 8.28. The largest absolute Gasteiger partial charge is 0.455 e. The third kappa shape index (κ3) is 3.19. The molecule has 3 nitrogen and oxygen atoms in total. The molecule has 8 aromatic rings. The van der Waals surface area contributed by atoms with Crippen molar-refractivity contribution >= 4 is 43.7 Å². The van der Waals surface area contributed by atoms with E-state index in [1.54, 1.807) is 0 Å². The molecule has 178 valence electrons. The highest BCUT2D eigenvalue weighted by Gasteiger charge is 2.16. The van der Waals surface area contributed by atoms with Gasteiger partial charge in [-0.15, -0.1) is 0 Å². The number of imidazole rings is 1. The zero-order chi connectivity index (χ0) is 25.1. The van der Waals surface area contributed by atoms with Crippen LogP contribution in [0.1, 0.15) is 0 Å². The normalized spacial score (nSPS) is 11.7. The first-order valence-electron chi connectivity index (χ1n) is 12.8. The second-order valence-electron chi connectivity index (χ2n) is 9.65. The minimum absolute atomic E-state index is 0.913. The van der Waals surface area contributed by atoms with Crippen molar-refractivity contribution in [3.63, 3.8) is 0 Å². The van der Waals surface area contributed by atoms with Gasteiger partial charge in [0.15, 0.2) is 0 Å². The van der Waals surface area contributed by atoms with E-state index < -0.39 is 0 Å². The monoisotopic (exact) mass is 486 g/mol. The smallest absolute Gasteiger partial charge is 0.145 e. The van der Waals surface area contributed by atoms with Crippen molar-refractivity contribution < 1.29 is 4.42 Å². The Hall–Kier alpha value is -5.15. The number of aromatic nitrogens is 2. The van der Waals surface area contributed by atoms with Gasteiger partial charge in [0.25, 0.3) is 0 Å². The molecule has 0 unspecified atom stereocenters. The molecular weight excluding hydrogens is 464 g/mol. The van der Waals surface area contributed by atoms with Gasteiger partial charge in [0.1, 0.15) is 17.0 Å². The van der Waals surface area contributed by atoms with Crippen LogP contribution in [0, 0.1) is 0 Å². The third-order valence-electron chi connectivity index (χ3n) is 7.41. The molecule has 2 heterocycles. The van der Waals surface area contributed by atoms with Gasteiger partial charge in [0.2, 0.25) is 0 Å². The molecule has 0 atom stereocenters. The Labute approximate surface area is 219 Å². The number of fused-ring (bicyclic) bond motifs is 5. The van der Waals surface area contributed by atoms with Gasteiger partial charge >= 0.3 is 0 Å². The van der Waals surface area contributed by atoms with Crippen molar-refractivity contribution in [2.24, 2.45) is 0 Å². The van der Waals surface area contributed by atoms with Crippen LogP contribution in [0.4, 0.5) is 0 Å². The molecule has 3 heteroatoms. The number of hydrogen-bond acceptors (Lipinski definition) is 2. The van der Waals surface area contributed by atoms with Crippen LogP contribution < -0.4 is 0 Å². The molecule has 6 aromatic carbocycles. The predicted octanol–water partition coefficient (Wildman–Crippen LogP) is 9.41. The third-order valence-corrected chi connectivity index (χ3v) is 7.41. The molecule has 8 rings (SSSR count). The summed E-state index contributed by atoms with van der Waals surface area (Å²) in [4.78, 5) is 5.06. The second kappa shape index (κ2) is 8.19. The van der Waals surface area contributed by atoms with Gasteiger partial charge in [0.05, 0.1) is 11.0 Å². The first-order chi connectivity index (χ1) is 18.8. The van der Waals surface area contributed by atoms with Gasteiger partial charge < -0.3 is 4.42 Å². The van der Waals surface area contributed by atoms with E-state index in [1.165, 1.54) is 10.8 Å². The highest BCUT2D eigenvalue weighted by atomic mass is 16.3. The average Bonchev–Trinajstić information content (AvgIpc) is 3.56. The average molecular weight is 487 g/mol. The quantitative estimate of drug-likeness (QED) is 0.249. The van der Waals surface area contributed by atoms with Crippen LogP contribution in [0.3, 0.4) is 0 Å². The van der Waals surface area contributed by atoms with Crippen LogP contribution in [0.2, 0.25) is 0 Å². The lowest BCUT2D eigenvalue weighted by Crippen LogP contribution is -1.97. The maximum absolute atomic E-state index is 6.29. The van der Waals surface area contributed by atoms with Crippen molar-refractivity contribution in [3.05, 3.63) is 133 Å². The van der Waals surface area contributed by atoms with Gasteiger partial charge in [-0.05, 0) is 46.7 Å². The predicted molar refractivity (Wildman–Crippen MR) is 157 cm³/mol. The Kier molecular flexibility index (Phi) is 4.52. The highest BCUT2D eigenvalue weighted by Crippen LogP contribution is 2.37. The van der Waals surface area contributed by atoms with E-state index in [4.69, 9.17) is 9.40 Å². The minimum Gasteiger partial charge on any atom is -0.455 e. The van der Waals surface area contributed by atoms with Crippen molar-refractivity contribution in [1.29, 1.82) is 0 Å². The molecule has 0 saturated carbocycles. The zero-order valence-corrected chi connectivity index (χ0v) is 20.5. The van der Waals surface area contributed by atoms with Crippen molar-refractivity contribution in [3.8, 4) is 28.2 Å². The SMILES string of the molecule is c1ccc2cc(-n3c(-c4ccc(-c5cccc6c5oc5ccccc56)cc4)nc4ccccc43)ccc2c1. The summed E-state index contributed by atoms with van der Waals surface area (Å²) in [5, 5.41) is 4.72. The first-order valence-corrected chi connectivity index (χ1v) is 12.8. The molecule has 0 saturated heterocycles. The standard InChI is InChI=1S/C35H22N2O/c1-2-9-26-22-27(21-20-23(26)8-1)37-32-14-5-4-13-31(32)36-35(37)25-18-16-24(17-19-25)28-11-7-12-30-29-10-3-6-15-33(29)38-34(28)30/h1-22H. The van der Waals surface area contributed by atoms with Crippen molar-refractivity contribution in [2.45, 2.75) is 0 Å². The van der Waals surface area contributed by atoms with Gasteiger partial charge in [0, 0.05) is 27.6 Å². The summed E-state index contributed by atoms with van der Waals surface area (Å²) in [5.74, 6) is 0.926. The van der Waals surface area contributed by atoms with Gasteiger partial charge in [-0.1, -0.05) is 103 Å². The van der Waals surface area contributed by atoms with Crippen LogP contribution in [0.25, 0.3) is 71.9 Å². The molecule has 0 N–H and O–H groups in total. The molecular formula is C35H22N2O. The van der Waals surface area contributed by atoms with Gasteiger partial charge in [-0.2, -0.15) is 0 Å².